The van der Waals surface area contributed by atoms with E-state index in [0.717, 1.165) is 35.2 Å². The molecule has 0 saturated heterocycles. The van der Waals surface area contributed by atoms with Gasteiger partial charge in [-0.3, -0.25) is 4.79 Å². The number of halogens is 1. The second-order valence-corrected chi connectivity index (χ2v) is 8.12. The number of nitrogens with zero attached hydrogens (tertiary/aromatic N) is 1. The predicted molar refractivity (Wildman–Crippen MR) is 111 cm³/mol. The molecular formula is C20H20ClN3O2S. The van der Waals surface area contributed by atoms with Crippen LogP contribution in [0.25, 0.3) is 10.2 Å². The fraction of sp³-hybridized carbons (Fsp3) is 0.300. The van der Waals surface area contributed by atoms with E-state index in [1.807, 2.05) is 6.92 Å². The molecule has 0 bridgehead atoms. The third-order valence-electron chi connectivity index (χ3n) is 5.02. The Hall–Kier alpha value is -2.31. The molecule has 0 atom stereocenters. The van der Waals surface area contributed by atoms with Gasteiger partial charge in [-0.2, -0.15) is 0 Å². The van der Waals surface area contributed by atoms with Crippen LogP contribution in [0.1, 0.15) is 39.3 Å². The summed E-state index contributed by atoms with van der Waals surface area (Å²) in [5.41, 5.74) is 11.0. The van der Waals surface area contributed by atoms with Crippen molar-refractivity contribution in [3.63, 3.8) is 0 Å². The first-order valence-electron chi connectivity index (χ1n) is 8.84. The SMILES string of the molecule is COc1ccc(Cl)cc1NC(=O)c1sc2nc(C)c3c(c2c1N)CCCC3. The summed E-state index contributed by atoms with van der Waals surface area (Å²) >= 11 is 7.39. The monoisotopic (exact) mass is 401 g/mol. The van der Waals surface area contributed by atoms with Gasteiger partial charge in [-0.05, 0) is 61.9 Å². The average molecular weight is 402 g/mol. The highest BCUT2D eigenvalue weighted by atomic mass is 35.5. The molecule has 0 spiro atoms. The van der Waals surface area contributed by atoms with Crippen molar-refractivity contribution in [3.8, 4) is 5.75 Å². The zero-order valence-electron chi connectivity index (χ0n) is 15.2. The van der Waals surface area contributed by atoms with Crippen molar-refractivity contribution >= 4 is 50.4 Å². The molecular weight excluding hydrogens is 382 g/mol. The smallest absolute Gasteiger partial charge is 0.268 e. The number of ether oxygens (including phenoxy) is 1. The number of anilines is 2. The fourth-order valence-electron chi connectivity index (χ4n) is 3.73. The summed E-state index contributed by atoms with van der Waals surface area (Å²) < 4.78 is 5.30. The van der Waals surface area contributed by atoms with E-state index in [0.29, 0.717) is 27.0 Å². The molecule has 1 aromatic carbocycles. The molecule has 1 aliphatic rings. The van der Waals surface area contributed by atoms with Crippen LogP contribution in [0.2, 0.25) is 5.02 Å². The van der Waals surface area contributed by atoms with Crippen LogP contribution in [0.4, 0.5) is 11.4 Å². The lowest BCUT2D eigenvalue weighted by Gasteiger charge is -2.18. The van der Waals surface area contributed by atoms with Gasteiger partial charge in [-0.15, -0.1) is 11.3 Å². The van der Waals surface area contributed by atoms with Crippen molar-refractivity contribution in [3.05, 3.63) is 44.9 Å². The molecule has 140 valence electrons. The van der Waals surface area contributed by atoms with Crippen molar-refractivity contribution < 1.29 is 9.53 Å². The van der Waals surface area contributed by atoms with E-state index in [2.05, 4.69) is 5.32 Å². The highest BCUT2D eigenvalue weighted by molar-refractivity contribution is 7.21. The van der Waals surface area contributed by atoms with E-state index >= 15 is 0 Å². The van der Waals surface area contributed by atoms with E-state index in [1.54, 1.807) is 25.3 Å². The fourth-order valence-corrected chi connectivity index (χ4v) is 4.97. The molecule has 1 aliphatic carbocycles. The van der Waals surface area contributed by atoms with Crippen LogP contribution in [-0.4, -0.2) is 18.0 Å². The van der Waals surface area contributed by atoms with Gasteiger partial charge in [0.2, 0.25) is 0 Å². The Morgan fingerprint density at radius 2 is 2.04 bits per heavy atom. The predicted octanol–water partition coefficient (Wildman–Crippen LogP) is 4.98. The molecule has 27 heavy (non-hydrogen) atoms. The van der Waals surface area contributed by atoms with Crippen LogP contribution in [0.5, 0.6) is 5.75 Å². The van der Waals surface area contributed by atoms with E-state index in [4.69, 9.17) is 27.1 Å². The largest absolute Gasteiger partial charge is 0.495 e. The minimum atomic E-state index is -0.279. The van der Waals surface area contributed by atoms with Crippen molar-refractivity contribution in [1.29, 1.82) is 0 Å². The Labute approximate surface area is 166 Å². The van der Waals surface area contributed by atoms with Gasteiger partial charge in [0, 0.05) is 16.1 Å². The first-order valence-corrected chi connectivity index (χ1v) is 10.0. The molecule has 5 nitrogen and oxygen atoms in total. The number of nitrogen functional groups attached to an aromatic ring is 1. The number of nitrogens with two attached hydrogens (primary N) is 1. The molecule has 3 N–H and O–H groups in total. The van der Waals surface area contributed by atoms with Gasteiger partial charge in [0.05, 0.1) is 18.5 Å². The summed E-state index contributed by atoms with van der Waals surface area (Å²) in [6.07, 6.45) is 4.33. The first kappa shape index (κ1) is 18.1. The average Bonchev–Trinajstić information content (AvgIpc) is 2.99. The number of fused-ring (bicyclic) bond motifs is 3. The zero-order valence-corrected chi connectivity index (χ0v) is 16.8. The number of nitrogens with one attached hydrogen (secondary N) is 1. The summed E-state index contributed by atoms with van der Waals surface area (Å²) in [6, 6.07) is 5.09. The number of carbonyl (C=O) groups is 1. The van der Waals surface area contributed by atoms with Gasteiger partial charge in [0.25, 0.3) is 5.91 Å². The van der Waals surface area contributed by atoms with Crippen LogP contribution in [0, 0.1) is 6.92 Å². The molecule has 1 amide bonds. The van der Waals surface area contributed by atoms with Crippen LogP contribution >= 0.6 is 22.9 Å². The van der Waals surface area contributed by atoms with E-state index in [-0.39, 0.29) is 5.91 Å². The summed E-state index contributed by atoms with van der Waals surface area (Å²) in [4.78, 5) is 18.9. The maximum Gasteiger partial charge on any atom is 0.268 e. The zero-order chi connectivity index (χ0) is 19.1. The summed E-state index contributed by atoms with van der Waals surface area (Å²) in [7, 11) is 1.55. The molecule has 0 saturated carbocycles. The quantitative estimate of drug-likeness (QED) is 0.648. The highest BCUT2D eigenvalue weighted by Gasteiger charge is 2.24. The molecule has 0 radical (unpaired) electrons. The van der Waals surface area contributed by atoms with E-state index in [1.165, 1.54) is 28.9 Å². The number of carbonyl (C=O) groups excluding carboxylic acids is 1. The van der Waals surface area contributed by atoms with Gasteiger partial charge in [0.1, 0.15) is 15.5 Å². The minimum Gasteiger partial charge on any atom is -0.495 e. The Bertz CT molecular complexity index is 1060. The minimum absolute atomic E-state index is 0.279. The third-order valence-corrected chi connectivity index (χ3v) is 6.35. The molecule has 3 aromatic rings. The van der Waals surface area contributed by atoms with Crippen LogP contribution in [-0.2, 0) is 12.8 Å². The molecule has 2 heterocycles. The normalized spacial score (nSPS) is 13.4. The van der Waals surface area contributed by atoms with Gasteiger partial charge in [0.15, 0.2) is 0 Å². The standard InChI is InChI=1S/C20H20ClN3O2S/c1-10-12-5-3-4-6-13(12)16-17(22)18(27-20(16)23-10)19(25)24-14-9-11(21)7-8-15(14)26-2/h7-9H,3-6,22H2,1-2H3,(H,24,25). The topological polar surface area (TPSA) is 77.2 Å². The Kier molecular flexibility index (Phi) is 4.70. The van der Waals surface area contributed by atoms with Gasteiger partial charge in [-0.25, -0.2) is 4.98 Å². The van der Waals surface area contributed by atoms with Crippen molar-refractivity contribution in [1.82, 2.24) is 4.98 Å². The number of amides is 1. The molecule has 0 unspecified atom stereocenters. The number of benzene rings is 1. The van der Waals surface area contributed by atoms with Crippen LogP contribution in [0.15, 0.2) is 18.2 Å². The Balaban J connectivity index is 1.77. The van der Waals surface area contributed by atoms with Gasteiger partial charge >= 0.3 is 0 Å². The lowest BCUT2D eigenvalue weighted by atomic mass is 9.89. The molecule has 7 heteroatoms. The first-order chi connectivity index (χ1) is 13.0. The number of thiophene rings is 1. The number of pyridine rings is 1. The van der Waals surface area contributed by atoms with Crippen molar-refractivity contribution in [2.75, 3.05) is 18.2 Å². The Morgan fingerprint density at radius 1 is 1.30 bits per heavy atom. The lowest BCUT2D eigenvalue weighted by molar-refractivity contribution is 0.103. The van der Waals surface area contributed by atoms with Crippen LogP contribution in [0.3, 0.4) is 0 Å². The Morgan fingerprint density at radius 3 is 2.78 bits per heavy atom. The van der Waals surface area contributed by atoms with Crippen molar-refractivity contribution in [2.45, 2.75) is 32.6 Å². The van der Waals surface area contributed by atoms with E-state index in [9.17, 15) is 4.79 Å². The summed E-state index contributed by atoms with van der Waals surface area (Å²) in [6.45, 7) is 2.04. The second-order valence-electron chi connectivity index (χ2n) is 6.69. The highest BCUT2D eigenvalue weighted by Crippen LogP contribution is 2.40. The van der Waals surface area contributed by atoms with Crippen molar-refractivity contribution in [2.24, 2.45) is 0 Å². The molecule has 4 rings (SSSR count). The summed E-state index contributed by atoms with van der Waals surface area (Å²) in [5, 5.41) is 4.33. The number of rotatable bonds is 3. The van der Waals surface area contributed by atoms with E-state index < -0.39 is 0 Å². The third kappa shape index (κ3) is 3.13. The van der Waals surface area contributed by atoms with Gasteiger partial charge in [-0.1, -0.05) is 11.6 Å². The molecule has 2 aromatic heterocycles. The lowest BCUT2D eigenvalue weighted by Crippen LogP contribution is -2.13. The number of aromatic nitrogens is 1. The summed E-state index contributed by atoms with van der Waals surface area (Å²) in [5.74, 6) is 0.261. The maximum absolute atomic E-state index is 12.9. The van der Waals surface area contributed by atoms with Crippen LogP contribution < -0.4 is 15.8 Å². The number of hydrogen-bond donors (Lipinski definition) is 2. The van der Waals surface area contributed by atoms with Gasteiger partial charge < -0.3 is 15.8 Å². The second kappa shape index (κ2) is 7.02. The molecule has 0 aliphatic heterocycles. The maximum atomic E-state index is 12.9. The number of methoxy groups -OCH3 is 1. The molecule has 0 fully saturated rings. The number of aryl methyl sites for hydroxylation is 2. The number of hydrogen-bond acceptors (Lipinski definition) is 5.